The van der Waals surface area contributed by atoms with Gasteiger partial charge in [0.05, 0.1) is 12.8 Å². The molecule has 10 heteroatoms. The second-order valence-corrected chi connectivity index (χ2v) is 4.22. The highest BCUT2D eigenvalue weighted by Gasteiger charge is 2.74. The molecule has 23 heavy (non-hydrogen) atoms. The number of anilines is 1. The zero-order valence-electron chi connectivity index (χ0n) is 11.4. The number of aldehydes is 1. The Morgan fingerprint density at radius 1 is 1.04 bits per heavy atom. The molecule has 0 aliphatic carbocycles. The van der Waals surface area contributed by atoms with Crippen LogP contribution >= 0.6 is 0 Å². The lowest BCUT2D eigenvalue weighted by atomic mass is 10.1. The maximum absolute atomic E-state index is 13.6. The molecule has 3 nitrogen and oxygen atoms in total. The quantitative estimate of drug-likeness (QED) is 0.481. The van der Waals surface area contributed by atoms with Crippen molar-refractivity contribution in [2.75, 3.05) is 12.4 Å². The van der Waals surface area contributed by atoms with E-state index in [1.165, 1.54) is 19.2 Å². The lowest BCUT2D eigenvalue weighted by molar-refractivity contribution is -0.344. The fourth-order valence-electron chi connectivity index (χ4n) is 1.47. The molecule has 0 bridgehead atoms. The summed E-state index contributed by atoms with van der Waals surface area (Å²) in [7, 11) is 1.30. The Bertz CT molecular complexity index is 579. The van der Waals surface area contributed by atoms with Crippen LogP contribution in [0.5, 0.6) is 5.75 Å². The van der Waals surface area contributed by atoms with Crippen molar-refractivity contribution in [2.24, 2.45) is 0 Å². The van der Waals surface area contributed by atoms with Crippen LogP contribution in [0.25, 0.3) is 0 Å². The highest BCUT2D eigenvalue weighted by molar-refractivity contribution is 5.69. The van der Waals surface area contributed by atoms with Crippen molar-refractivity contribution in [2.45, 2.75) is 18.0 Å². The molecule has 1 aromatic rings. The molecule has 0 fully saturated rings. The number of alkyl halides is 7. The Morgan fingerprint density at radius 3 is 1.96 bits per heavy atom. The predicted octanol–water partition coefficient (Wildman–Crippen LogP) is 4.02. The maximum atomic E-state index is 13.6. The smallest absolute Gasteiger partial charge is 0.460 e. The number of nitrogens with one attached hydrogen (secondary N) is 1. The summed E-state index contributed by atoms with van der Waals surface area (Å²) in [5, 5.41) is 1.69. The molecule has 0 unspecified atom stereocenters. The summed E-state index contributed by atoms with van der Waals surface area (Å²) >= 11 is 0. The number of methoxy groups -OCH3 is 1. The van der Waals surface area contributed by atoms with E-state index < -0.39 is 23.7 Å². The lowest BCUT2D eigenvalue weighted by Crippen LogP contribution is -2.54. The van der Waals surface area contributed by atoms with E-state index >= 15 is 0 Å². The van der Waals surface area contributed by atoms with Gasteiger partial charge in [0.2, 0.25) is 0 Å². The van der Waals surface area contributed by atoms with Gasteiger partial charge in [-0.3, -0.25) is 4.79 Å². The number of rotatable bonds is 6. The average Bonchev–Trinajstić information content (AvgIpc) is 2.46. The Labute approximate surface area is 125 Å². The minimum atomic E-state index is -6.50. The second kappa shape index (κ2) is 6.47. The molecule has 0 aliphatic rings. The van der Waals surface area contributed by atoms with Gasteiger partial charge in [-0.1, -0.05) is 0 Å². The van der Waals surface area contributed by atoms with Gasteiger partial charge < -0.3 is 10.1 Å². The van der Waals surface area contributed by atoms with Crippen molar-refractivity contribution >= 4 is 12.0 Å². The summed E-state index contributed by atoms with van der Waals surface area (Å²) in [5.74, 6) is -11.7. The molecule has 1 N–H and O–H groups in total. The summed E-state index contributed by atoms with van der Waals surface area (Å²) < 4.78 is 94.5. The van der Waals surface area contributed by atoms with Crippen molar-refractivity contribution in [3.8, 4) is 5.75 Å². The fourth-order valence-corrected chi connectivity index (χ4v) is 1.47. The minimum Gasteiger partial charge on any atom is -0.497 e. The van der Waals surface area contributed by atoms with E-state index in [0.29, 0.717) is 5.75 Å². The molecule has 0 atom stereocenters. The Hall–Kier alpha value is -2.26. The molecule has 0 radical (unpaired) electrons. The van der Waals surface area contributed by atoms with Crippen LogP contribution in [0.15, 0.2) is 36.0 Å². The number of carbonyl (C=O) groups excluding carboxylic acids is 1. The summed E-state index contributed by atoms with van der Waals surface area (Å²) in [6.07, 6.45) is -6.92. The van der Waals surface area contributed by atoms with Crippen LogP contribution in [0, 0.1) is 0 Å². The van der Waals surface area contributed by atoms with E-state index in [0.717, 1.165) is 12.1 Å². The maximum Gasteiger partial charge on any atom is 0.460 e. The van der Waals surface area contributed by atoms with Crippen molar-refractivity contribution in [1.82, 2.24) is 0 Å². The van der Waals surface area contributed by atoms with Crippen molar-refractivity contribution in [3.05, 3.63) is 36.0 Å². The van der Waals surface area contributed by atoms with Gasteiger partial charge in [0.15, 0.2) is 0 Å². The highest BCUT2D eigenvalue weighted by Crippen LogP contribution is 2.49. The van der Waals surface area contributed by atoms with E-state index in [4.69, 9.17) is 4.74 Å². The molecule has 0 spiro atoms. The fraction of sp³-hybridized carbons (Fsp3) is 0.308. The minimum absolute atomic E-state index is 0.0934. The zero-order chi connectivity index (χ0) is 17.9. The molecule has 0 saturated heterocycles. The first-order valence-electron chi connectivity index (χ1n) is 5.86. The van der Waals surface area contributed by atoms with Gasteiger partial charge in [0.25, 0.3) is 0 Å². The van der Waals surface area contributed by atoms with Crippen molar-refractivity contribution < 1.29 is 40.3 Å². The summed E-state index contributed by atoms with van der Waals surface area (Å²) in [6, 6.07) is 4.69. The van der Waals surface area contributed by atoms with Crippen LogP contribution in [0.2, 0.25) is 0 Å². The molecule has 0 saturated carbocycles. The summed E-state index contributed by atoms with van der Waals surface area (Å²) in [6.45, 7) is 0. The first-order valence-corrected chi connectivity index (χ1v) is 5.86. The third-order valence-corrected chi connectivity index (χ3v) is 2.69. The van der Waals surface area contributed by atoms with Gasteiger partial charge in [0, 0.05) is 11.8 Å². The average molecular weight is 345 g/mol. The highest BCUT2D eigenvalue weighted by atomic mass is 19.4. The van der Waals surface area contributed by atoms with Gasteiger partial charge in [-0.2, -0.15) is 30.7 Å². The van der Waals surface area contributed by atoms with Crippen molar-refractivity contribution in [3.63, 3.8) is 0 Å². The van der Waals surface area contributed by atoms with E-state index in [9.17, 15) is 35.5 Å². The third kappa shape index (κ3) is 3.74. The van der Waals surface area contributed by atoms with E-state index in [1.807, 2.05) is 0 Å². The van der Waals surface area contributed by atoms with E-state index in [-0.39, 0.29) is 18.0 Å². The molecule has 0 aliphatic heterocycles. The third-order valence-electron chi connectivity index (χ3n) is 2.69. The number of allylic oxidation sites excluding steroid dienone is 2. The molecule has 1 aromatic carbocycles. The summed E-state index contributed by atoms with van der Waals surface area (Å²) in [5.41, 5.74) is -2.13. The normalized spacial score (nSPS) is 13.7. The van der Waals surface area contributed by atoms with Gasteiger partial charge in [-0.25, -0.2) is 0 Å². The van der Waals surface area contributed by atoms with Gasteiger partial charge >= 0.3 is 18.0 Å². The molecular weight excluding hydrogens is 335 g/mol. The Kier molecular flexibility index (Phi) is 5.28. The molecule has 0 aromatic heterocycles. The zero-order valence-corrected chi connectivity index (χ0v) is 11.4. The van der Waals surface area contributed by atoms with E-state index in [1.54, 1.807) is 5.32 Å². The van der Waals surface area contributed by atoms with Gasteiger partial charge in [0.1, 0.15) is 12.0 Å². The Balaban J connectivity index is 3.20. The molecular formula is C13H10F7NO2. The van der Waals surface area contributed by atoms with Crippen LogP contribution in [0.3, 0.4) is 0 Å². The number of hydrogen-bond donors (Lipinski definition) is 1. The van der Waals surface area contributed by atoms with Crippen LogP contribution < -0.4 is 10.1 Å². The number of ether oxygens (including phenoxy) is 1. The van der Waals surface area contributed by atoms with E-state index in [2.05, 4.69) is 0 Å². The molecule has 1 rings (SSSR count). The molecule has 0 heterocycles. The van der Waals surface area contributed by atoms with Crippen LogP contribution in [0.1, 0.15) is 0 Å². The van der Waals surface area contributed by atoms with Gasteiger partial charge in [-0.15, -0.1) is 0 Å². The standard InChI is InChI=1S/C13H10F7NO2/c1-23-9-4-2-8(3-5-9)21-10(6-7-22)11(14,15)12(16,17)13(18,19)20/h2-7,21H,1H3/b10-6-. The Morgan fingerprint density at radius 2 is 1.57 bits per heavy atom. The SMILES string of the molecule is COc1ccc(N/C(=C\C=O)C(F)(F)C(F)(F)C(F)(F)F)cc1. The second-order valence-electron chi connectivity index (χ2n) is 4.22. The molecule has 0 amide bonds. The first kappa shape index (κ1) is 18.8. The molecule has 128 valence electrons. The van der Waals surface area contributed by atoms with Crippen LogP contribution in [-0.4, -0.2) is 31.4 Å². The number of hydrogen-bond acceptors (Lipinski definition) is 3. The van der Waals surface area contributed by atoms with Crippen molar-refractivity contribution in [1.29, 1.82) is 0 Å². The summed E-state index contributed by atoms with van der Waals surface area (Å²) in [4.78, 5) is 10.3. The number of halogens is 7. The first-order chi connectivity index (χ1) is 10.5. The number of benzene rings is 1. The topological polar surface area (TPSA) is 38.3 Å². The van der Waals surface area contributed by atoms with Crippen LogP contribution in [0.4, 0.5) is 36.4 Å². The van der Waals surface area contributed by atoms with Gasteiger partial charge in [-0.05, 0) is 24.3 Å². The predicted molar refractivity (Wildman–Crippen MR) is 66.7 cm³/mol. The monoisotopic (exact) mass is 345 g/mol. The lowest BCUT2D eigenvalue weighted by Gasteiger charge is -2.30. The van der Waals surface area contributed by atoms with Crippen LogP contribution in [-0.2, 0) is 4.79 Å². The largest absolute Gasteiger partial charge is 0.497 e. The number of carbonyl (C=O) groups is 1.